The van der Waals surface area contributed by atoms with Crippen LogP contribution >= 0.6 is 27.5 Å². The normalized spacial score (nSPS) is 10.6. The van der Waals surface area contributed by atoms with E-state index in [0.29, 0.717) is 5.75 Å². The number of benzene rings is 2. The highest BCUT2D eigenvalue weighted by Crippen LogP contribution is 2.31. The third-order valence-corrected chi connectivity index (χ3v) is 4.35. The van der Waals surface area contributed by atoms with Crippen LogP contribution in [0.4, 0.5) is 4.39 Å². The number of aryl methyl sites for hydroxylation is 2. The van der Waals surface area contributed by atoms with Gasteiger partial charge in [0.2, 0.25) is 0 Å². The molecule has 0 heterocycles. The zero-order chi connectivity index (χ0) is 14.0. The summed E-state index contributed by atoms with van der Waals surface area (Å²) in [7, 11) is 0. The predicted octanol–water partition coefficient (Wildman–Crippen LogP) is 5.74. The van der Waals surface area contributed by atoms with Gasteiger partial charge in [-0.25, -0.2) is 4.39 Å². The number of ether oxygens (including phenoxy) is 1. The van der Waals surface area contributed by atoms with Crippen molar-refractivity contribution < 1.29 is 9.13 Å². The highest BCUT2D eigenvalue weighted by Gasteiger charge is 2.08. The number of hydrogen-bond acceptors (Lipinski definition) is 1. The van der Waals surface area contributed by atoms with Gasteiger partial charge in [0.15, 0.2) is 11.6 Å². The highest BCUT2D eigenvalue weighted by atomic mass is 79.9. The third kappa shape index (κ3) is 3.28. The molecule has 0 amide bonds. The van der Waals surface area contributed by atoms with Gasteiger partial charge in [0.1, 0.15) is 5.75 Å². The van der Waals surface area contributed by atoms with Crippen LogP contribution in [-0.2, 0) is 5.88 Å². The minimum absolute atomic E-state index is 0.204. The van der Waals surface area contributed by atoms with E-state index in [1.54, 1.807) is 12.1 Å². The van der Waals surface area contributed by atoms with E-state index in [-0.39, 0.29) is 11.6 Å². The van der Waals surface area contributed by atoms with Crippen LogP contribution in [0.15, 0.2) is 34.8 Å². The molecule has 0 aliphatic carbocycles. The van der Waals surface area contributed by atoms with E-state index in [0.717, 1.165) is 21.2 Å². The van der Waals surface area contributed by atoms with Gasteiger partial charge in [-0.3, -0.25) is 0 Å². The van der Waals surface area contributed by atoms with Crippen LogP contribution in [0.3, 0.4) is 0 Å². The molecular weight excluding hydrogens is 331 g/mol. The molecule has 0 bridgehead atoms. The molecule has 0 unspecified atom stereocenters. The van der Waals surface area contributed by atoms with Gasteiger partial charge < -0.3 is 4.74 Å². The average Bonchev–Trinajstić information content (AvgIpc) is 2.38. The molecule has 4 heteroatoms. The van der Waals surface area contributed by atoms with E-state index in [2.05, 4.69) is 15.9 Å². The van der Waals surface area contributed by atoms with Gasteiger partial charge in [-0.05, 0) is 54.8 Å². The molecule has 0 saturated heterocycles. The first-order valence-corrected chi connectivity index (χ1v) is 7.13. The Bertz CT molecular complexity index is 590. The highest BCUT2D eigenvalue weighted by molar-refractivity contribution is 9.10. The lowest BCUT2D eigenvalue weighted by Crippen LogP contribution is -1.92. The van der Waals surface area contributed by atoms with Crippen molar-refractivity contribution in [2.24, 2.45) is 0 Å². The summed E-state index contributed by atoms with van der Waals surface area (Å²) in [6.07, 6.45) is 0. The molecule has 0 atom stereocenters. The van der Waals surface area contributed by atoms with Crippen molar-refractivity contribution >= 4 is 27.5 Å². The molecule has 2 rings (SSSR count). The Balaban J connectivity index is 2.31. The quantitative estimate of drug-likeness (QED) is 0.646. The van der Waals surface area contributed by atoms with Crippen molar-refractivity contribution in [2.75, 3.05) is 0 Å². The topological polar surface area (TPSA) is 9.23 Å². The van der Waals surface area contributed by atoms with Crippen molar-refractivity contribution in [2.45, 2.75) is 19.7 Å². The number of hydrogen-bond donors (Lipinski definition) is 0. The van der Waals surface area contributed by atoms with E-state index < -0.39 is 5.82 Å². The van der Waals surface area contributed by atoms with Gasteiger partial charge in [-0.2, -0.15) is 0 Å². The van der Waals surface area contributed by atoms with E-state index >= 15 is 0 Å². The molecule has 0 radical (unpaired) electrons. The van der Waals surface area contributed by atoms with Crippen LogP contribution in [0, 0.1) is 19.7 Å². The largest absolute Gasteiger partial charge is 0.454 e. The molecular formula is C15H13BrClFO. The predicted molar refractivity (Wildman–Crippen MR) is 79.6 cm³/mol. The van der Waals surface area contributed by atoms with Gasteiger partial charge in [0.05, 0.1) is 0 Å². The summed E-state index contributed by atoms with van der Waals surface area (Å²) in [4.78, 5) is 0. The average molecular weight is 344 g/mol. The van der Waals surface area contributed by atoms with E-state index in [4.69, 9.17) is 16.3 Å². The molecule has 0 aliphatic heterocycles. The zero-order valence-electron chi connectivity index (χ0n) is 10.6. The first-order chi connectivity index (χ1) is 9.01. The van der Waals surface area contributed by atoms with Gasteiger partial charge in [0.25, 0.3) is 0 Å². The summed E-state index contributed by atoms with van der Waals surface area (Å²) in [5.74, 6) is 0.704. The fourth-order valence-corrected chi connectivity index (χ4v) is 2.20. The number of alkyl halides is 1. The van der Waals surface area contributed by atoms with E-state index in [1.807, 2.05) is 26.0 Å². The minimum Gasteiger partial charge on any atom is -0.454 e. The maximum Gasteiger partial charge on any atom is 0.166 e. The molecule has 19 heavy (non-hydrogen) atoms. The van der Waals surface area contributed by atoms with Crippen molar-refractivity contribution in [3.63, 3.8) is 0 Å². The monoisotopic (exact) mass is 342 g/mol. The second kappa shape index (κ2) is 5.93. The Morgan fingerprint density at radius 3 is 2.32 bits per heavy atom. The van der Waals surface area contributed by atoms with Crippen LogP contribution in [0.1, 0.15) is 16.7 Å². The van der Waals surface area contributed by atoms with Crippen molar-refractivity contribution in [1.29, 1.82) is 0 Å². The van der Waals surface area contributed by atoms with Gasteiger partial charge >= 0.3 is 0 Å². The molecule has 0 fully saturated rings. The molecule has 0 spiro atoms. The van der Waals surface area contributed by atoms with E-state index in [1.165, 1.54) is 6.07 Å². The summed E-state index contributed by atoms with van der Waals surface area (Å²) >= 11 is 9.15. The van der Waals surface area contributed by atoms with Gasteiger partial charge in [-0.1, -0.05) is 22.0 Å². The lowest BCUT2D eigenvalue weighted by atomic mass is 10.1. The summed E-state index contributed by atoms with van der Waals surface area (Å²) in [6.45, 7) is 3.94. The second-order valence-corrected chi connectivity index (χ2v) is 5.43. The summed E-state index contributed by atoms with van der Waals surface area (Å²) in [5, 5.41) is 0. The van der Waals surface area contributed by atoms with Crippen LogP contribution in [0.5, 0.6) is 11.5 Å². The van der Waals surface area contributed by atoms with Crippen LogP contribution in [0.2, 0.25) is 0 Å². The first kappa shape index (κ1) is 14.4. The molecule has 0 N–H and O–H groups in total. The molecule has 1 nitrogen and oxygen atoms in total. The Labute approximate surface area is 125 Å². The Hall–Kier alpha value is -1.06. The van der Waals surface area contributed by atoms with Crippen molar-refractivity contribution in [3.8, 4) is 11.5 Å². The lowest BCUT2D eigenvalue weighted by Gasteiger charge is -2.11. The smallest absolute Gasteiger partial charge is 0.166 e. The summed E-state index contributed by atoms with van der Waals surface area (Å²) < 4.78 is 20.4. The SMILES string of the molecule is Cc1cc(Oc2ccc(CCl)cc2F)cc(C)c1Br. The first-order valence-electron chi connectivity index (χ1n) is 5.80. The summed E-state index contributed by atoms with van der Waals surface area (Å²) in [5.41, 5.74) is 2.83. The van der Waals surface area contributed by atoms with Gasteiger partial charge in [0, 0.05) is 10.4 Å². The Kier molecular flexibility index (Phi) is 4.48. The van der Waals surface area contributed by atoms with E-state index in [9.17, 15) is 4.39 Å². The maximum absolute atomic E-state index is 13.8. The van der Waals surface area contributed by atoms with Crippen LogP contribution in [-0.4, -0.2) is 0 Å². The second-order valence-electron chi connectivity index (χ2n) is 4.37. The molecule has 2 aromatic rings. The molecule has 0 aliphatic rings. The number of rotatable bonds is 3. The maximum atomic E-state index is 13.8. The Morgan fingerprint density at radius 2 is 1.79 bits per heavy atom. The Morgan fingerprint density at radius 1 is 1.16 bits per heavy atom. The van der Waals surface area contributed by atoms with Crippen LogP contribution < -0.4 is 4.74 Å². The third-order valence-electron chi connectivity index (χ3n) is 2.79. The fourth-order valence-electron chi connectivity index (χ4n) is 1.80. The standard InChI is InChI=1S/C15H13BrClFO/c1-9-5-12(6-10(2)15(9)16)19-14-4-3-11(8-17)7-13(14)18/h3-7H,8H2,1-2H3. The number of halogens is 3. The molecule has 100 valence electrons. The van der Waals surface area contributed by atoms with Crippen molar-refractivity contribution in [1.82, 2.24) is 0 Å². The molecule has 2 aromatic carbocycles. The zero-order valence-corrected chi connectivity index (χ0v) is 13.0. The fraction of sp³-hybridized carbons (Fsp3) is 0.200. The molecule has 0 saturated carbocycles. The van der Waals surface area contributed by atoms with Crippen molar-refractivity contribution in [3.05, 3.63) is 57.3 Å². The minimum atomic E-state index is -0.406. The van der Waals surface area contributed by atoms with Crippen LogP contribution in [0.25, 0.3) is 0 Å². The lowest BCUT2D eigenvalue weighted by molar-refractivity contribution is 0.441. The summed E-state index contributed by atoms with van der Waals surface area (Å²) in [6, 6.07) is 8.47. The molecule has 0 aromatic heterocycles. The van der Waals surface area contributed by atoms with Gasteiger partial charge in [-0.15, -0.1) is 11.6 Å².